The minimum Gasteiger partial charge on any atom is -0.341 e. The Hall–Kier alpha value is -3.61. The fraction of sp³-hybridized carbons (Fsp3) is 0.394. The van der Waals surface area contributed by atoms with Crippen LogP contribution in [0.25, 0.3) is 11.1 Å². The first kappa shape index (κ1) is 32.8. The van der Waals surface area contributed by atoms with E-state index in [4.69, 9.17) is 0 Å². The topological polar surface area (TPSA) is 130 Å². The fourth-order valence-electron chi connectivity index (χ4n) is 5.84. The average Bonchev–Trinajstić information content (AvgIpc) is 3.79. The molecule has 45 heavy (non-hydrogen) atoms. The number of carbonyl (C=O) groups excluding carboxylic acids is 2. The van der Waals surface area contributed by atoms with Crippen LogP contribution in [0, 0.1) is 5.82 Å². The molecule has 12 heteroatoms. The van der Waals surface area contributed by atoms with Crippen LogP contribution in [-0.2, 0) is 24.5 Å². The number of hydrogen-bond acceptors (Lipinski definition) is 7. The smallest absolute Gasteiger partial charge is 0.251 e. The van der Waals surface area contributed by atoms with Crippen molar-refractivity contribution in [3.05, 3.63) is 89.7 Å². The number of likely N-dealkylation sites (tertiary alicyclic amines) is 1. The molecule has 1 aliphatic heterocycles. The average molecular weight is 656 g/mol. The molecule has 1 saturated carbocycles. The van der Waals surface area contributed by atoms with Crippen molar-refractivity contribution >= 4 is 31.5 Å². The second-order valence-corrected chi connectivity index (χ2v) is 16.3. The van der Waals surface area contributed by atoms with Gasteiger partial charge >= 0.3 is 0 Å². The molecule has 1 saturated heterocycles. The Morgan fingerprint density at radius 3 is 2.00 bits per heavy atom. The van der Waals surface area contributed by atoms with E-state index in [1.165, 1.54) is 30.5 Å². The number of piperidine rings is 1. The van der Waals surface area contributed by atoms with Gasteiger partial charge in [0.05, 0.1) is 10.1 Å². The maximum atomic E-state index is 13.6. The lowest BCUT2D eigenvalue weighted by molar-refractivity contribution is -0.134. The van der Waals surface area contributed by atoms with Crippen molar-refractivity contribution in [1.82, 2.24) is 15.5 Å². The lowest BCUT2D eigenvalue weighted by atomic mass is 10.0. The van der Waals surface area contributed by atoms with E-state index >= 15 is 0 Å². The molecule has 1 heterocycles. The summed E-state index contributed by atoms with van der Waals surface area (Å²) in [4.78, 5) is 28.8. The summed E-state index contributed by atoms with van der Waals surface area (Å²) >= 11 is 0. The van der Waals surface area contributed by atoms with Crippen LogP contribution in [0.2, 0.25) is 0 Å². The first-order valence-corrected chi connectivity index (χ1v) is 18.8. The molecule has 3 aromatic rings. The molecule has 2 N–H and O–H groups in total. The van der Waals surface area contributed by atoms with Gasteiger partial charge in [-0.1, -0.05) is 36.4 Å². The number of rotatable bonds is 11. The summed E-state index contributed by atoms with van der Waals surface area (Å²) in [5.74, 6) is -0.663. The van der Waals surface area contributed by atoms with Crippen molar-refractivity contribution in [3.8, 4) is 11.1 Å². The van der Waals surface area contributed by atoms with Crippen LogP contribution < -0.4 is 10.6 Å². The highest BCUT2D eigenvalue weighted by atomic mass is 32.2. The summed E-state index contributed by atoms with van der Waals surface area (Å²) in [7, 11) is -6.50. The zero-order valence-corrected chi connectivity index (χ0v) is 26.9. The largest absolute Gasteiger partial charge is 0.341 e. The van der Waals surface area contributed by atoms with Crippen LogP contribution in [0.3, 0.4) is 0 Å². The van der Waals surface area contributed by atoms with Gasteiger partial charge in [-0.05, 0) is 85.3 Å². The van der Waals surface area contributed by atoms with E-state index in [-0.39, 0.29) is 28.6 Å². The van der Waals surface area contributed by atoms with E-state index in [2.05, 4.69) is 10.6 Å². The number of carbonyl (C=O) groups is 2. The molecule has 3 atom stereocenters. The zero-order valence-electron chi connectivity index (χ0n) is 25.3. The highest BCUT2D eigenvalue weighted by molar-refractivity contribution is 7.91. The molecule has 240 valence electrons. The number of hydrogen-bond donors (Lipinski definition) is 2. The van der Waals surface area contributed by atoms with Gasteiger partial charge in [0.2, 0.25) is 5.91 Å². The van der Waals surface area contributed by atoms with Gasteiger partial charge in [0.25, 0.3) is 5.91 Å². The molecule has 0 radical (unpaired) electrons. The molecule has 0 spiro atoms. The zero-order chi connectivity index (χ0) is 32.4. The summed E-state index contributed by atoms with van der Waals surface area (Å²) in [5.41, 5.74) is 3.02. The van der Waals surface area contributed by atoms with Gasteiger partial charge in [0.1, 0.15) is 21.7 Å². The van der Waals surface area contributed by atoms with Crippen LogP contribution >= 0.6 is 0 Å². The third-order valence-electron chi connectivity index (χ3n) is 8.65. The third-order valence-corrected chi connectivity index (χ3v) is 11.5. The van der Waals surface area contributed by atoms with Gasteiger partial charge in [-0.2, -0.15) is 0 Å². The second-order valence-electron chi connectivity index (χ2n) is 12.0. The van der Waals surface area contributed by atoms with E-state index in [1.54, 1.807) is 53.4 Å². The summed E-state index contributed by atoms with van der Waals surface area (Å²) in [6.45, 7) is 1.08. The van der Waals surface area contributed by atoms with Crippen LogP contribution in [0.5, 0.6) is 0 Å². The Kier molecular flexibility index (Phi) is 9.76. The second kappa shape index (κ2) is 13.4. The minimum absolute atomic E-state index is 0.200. The van der Waals surface area contributed by atoms with Crippen LogP contribution in [-0.4, -0.2) is 83.0 Å². The normalized spacial score (nSPS) is 19.6. The molecule has 0 unspecified atom stereocenters. The van der Waals surface area contributed by atoms with Crippen molar-refractivity contribution in [3.63, 3.8) is 0 Å². The summed E-state index contributed by atoms with van der Waals surface area (Å²) < 4.78 is 60.9. The maximum Gasteiger partial charge on any atom is 0.251 e. The van der Waals surface area contributed by atoms with Gasteiger partial charge in [-0.15, -0.1) is 0 Å². The third kappa shape index (κ3) is 8.36. The number of sulfone groups is 2. The lowest BCUT2D eigenvalue weighted by Crippen LogP contribution is -2.52. The molecule has 0 aromatic heterocycles. The van der Waals surface area contributed by atoms with Crippen molar-refractivity contribution in [2.45, 2.75) is 53.8 Å². The number of nitrogens with zero attached hydrogens (tertiary/aromatic N) is 1. The monoisotopic (exact) mass is 655 g/mol. The van der Waals surface area contributed by atoms with Gasteiger partial charge in [0, 0.05) is 43.1 Å². The predicted octanol–water partition coefficient (Wildman–Crippen LogP) is 3.57. The molecular formula is C33H38FN3O6S2. The Bertz CT molecular complexity index is 1740. The standard InChI is InChI=1S/C33H38FN3O6S2/c1-44(40,41)27-13-9-23(10-14-27)22-3-5-25(6-4-22)32(38)36-30(33(39)37-19-16-28(17-20-37)45(2,42)43)15-18-35-31-21-29(31)24-7-11-26(34)12-8-24/h3-14,28-31,35H,15-21H2,1-2H3,(H,36,38)/t29-,30-,31+/m0/s1. The molecule has 5 rings (SSSR count). The van der Waals surface area contributed by atoms with Crippen LogP contribution in [0.4, 0.5) is 4.39 Å². The summed E-state index contributed by atoms with van der Waals surface area (Å²) in [5, 5.41) is 5.88. The fourth-order valence-corrected chi connectivity index (χ4v) is 7.54. The molecule has 2 aliphatic rings. The molecule has 0 bridgehead atoms. The van der Waals surface area contributed by atoms with Gasteiger partial charge in [-0.25, -0.2) is 21.2 Å². The van der Waals surface area contributed by atoms with E-state index in [0.717, 1.165) is 29.4 Å². The summed E-state index contributed by atoms with van der Waals surface area (Å²) in [6.07, 6.45) is 4.33. The maximum absolute atomic E-state index is 13.6. The summed E-state index contributed by atoms with van der Waals surface area (Å²) in [6, 6.07) is 19.2. The SMILES string of the molecule is CS(=O)(=O)c1ccc(-c2ccc(C(=O)N[C@@H](CCN[C@@H]3C[C@H]3c3ccc(F)cc3)C(=O)N3CCC(S(C)(=O)=O)CC3)cc2)cc1. The molecule has 2 fully saturated rings. The van der Waals surface area contributed by atoms with Gasteiger partial charge < -0.3 is 15.5 Å². The highest BCUT2D eigenvalue weighted by Crippen LogP contribution is 2.40. The van der Waals surface area contributed by atoms with Crippen LogP contribution in [0.1, 0.15) is 47.5 Å². The van der Waals surface area contributed by atoms with Gasteiger partial charge in [0.15, 0.2) is 9.84 Å². The Morgan fingerprint density at radius 2 is 1.44 bits per heavy atom. The number of halogens is 1. The first-order chi connectivity index (χ1) is 21.3. The van der Waals surface area contributed by atoms with Crippen molar-refractivity contribution < 1.29 is 30.8 Å². The Balaban J connectivity index is 1.23. The molecule has 9 nitrogen and oxygen atoms in total. The molecular weight excluding hydrogens is 618 g/mol. The van der Waals surface area contributed by atoms with E-state index in [1.807, 2.05) is 0 Å². The highest BCUT2D eigenvalue weighted by Gasteiger charge is 2.38. The Morgan fingerprint density at radius 1 is 0.867 bits per heavy atom. The van der Waals surface area contributed by atoms with Crippen molar-refractivity contribution in [2.24, 2.45) is 0 Å². The number of benzene rings is 3. The van der Waals surface area contributed by atoms with Gasteiger partial charge in [-0.3, -0.25) is 9.59 Å². The molecule has 1 aliphatic carbocycles. The quantitative estimate of drug-likeness (QED) is 0.323. The van der Waals surface area contributed by atoms with Crippen molar-refractivity contribution in [1.29, 1.82) is 0 Å². The predicted molar refractivity (Wildman–Crippen MR) is 171 cm³/mol. The van der Waals surface area contributed by atoms with E-state index < -0.39 is 36.9 Å². The molecule has 3 aromatic carbocycles. The Labute approximate surface area is 264 Å². The number of nitrogens with one attached hydrogen (secondary N) is 2. The molecule has 2 amide bonds. The van der Waals surface area contributed by atoms with E-state index in [9.17, 15) is 30.8 Å². The van der Waals surface area contributed by atoms with E-state index in [0.29, 0.717) is 44.5 Å². The first-order valence-electron chi connectivity index (χ1n) is 15.0. The van der Waals surface area contributed by atoms with Crippen molar-refractivity contribution in [2.75, 3.05) is 32.1 Å². The lowest BCUT2D eigenvalue weighted by Gasteiger charge is -2.34. The van der Waals surface area contributed by atoms with Crippen LogP contribution in [0.15, 0.2) is 77.7 Å². The minimum atomic E-state index is -3.31. The number of amides is 2.